The molecule has 0 aliphatic heterocycles. The van der Waals surface area contributed by atoms with E-state index in [2.05, 4.69) is 39.4 Å². The Balaban J connectivity index is 1.94. The van der Waals surface area contributed by atoms with Crippen LogP contribution >= 0.6 is 0 Å². The van der Waals surface area contributed by atoms with E-state index in [1.54, 1.807) is 0 Å². The maximum atomic E-state index is 14.3. The molecule has 3 rings (SSSR count). The molecule has 10 heteroatoms. The van der Waals surface area contributed by atoms with E-state index < -0.39 is 23.3 Å². The summed E-state index contributed by atoms with van der Waals surface area (Å²) in [4.78, 5) is 15.3. The van der Waals surface area contributed by atoms with E-state index in [9.17, 15) is 17.6 Å². The van der Waals surface area contributed by atoms with Gasteiger partial charge in [0, 0.05) is 25.2 Å². The Morgan fingerprint density at radius 3 is 1.49 bits per heavy atom. The molecule has 0 saturated heterocycles. The van der Waals surface area contributed by atoms with Crippen molar-refractivity contribution in [1.29, 1.82) is 0 Å². The van der Waals surface area contributed by atoms with Crippen LogP contribution in [-0.4, -0.2) is 28.0 Å². The molecule has 0 radical (unpaired) electrons. The lowest BCUT2D eigenvalue weighted by molar-refractivity contribution is 0.585. The predicted octanol–water partition coefficient (Wildman–Crippen LogP) is 7.88. The van der Waals surface area contributed by atoms with Gasteiger partial charge in [0.1, 0.15) is 23.3 Å². The van der Waals surface area contributed by atoms with E-state index in [1.165, 1.54) is 12.1 Å². The third-order valence-corrected chi connectivity index (χ3v) is 5.82. The molecule has 0 amide bonds. The molecule has 2 N–H and O–H groups in total. The van der Waals surface area contributed by atoms with Gasteiger partial charge in [-0.3, -0.25) is 0 Å². The number of unbranched alkanes of at least 4 members (excludes halogenated alkanes) is 6. The highest BCUT2D eigenvalue weighted by Gasteiger charge is 2.16. The minimum absolute atomic E-state index is 0.00708. The van der Waals surface area contributed by atoms with Crippen molar-refractivity contribution in [3.63, 3.8) is 0 Å². The maximum Gasteiger partial charge on any atom is 0.233 e. The topological polar surface area (TPSA) is 66.0 Å². The smallest absolute Gasteiger partial charge is 0.233 e. The van der Waals surface area contributed by atoms with Gasteiger partial charge >= 0.3 is 0 Å². The molecule has 0 bridgehead atoms. The Morgan fingerprint density at radius 2 is 1.08 bits per heavy atom. The van der Waals surface area contributed by atoms with Crippen LogP contribution in [-0.2, 0) is 0 Å². The van der Waals surface area contributed by atoms with Gasteiger partial charge < -0.3 is 15.5 Å². The van der Waals surface area contributed by atoms with Crippen LogP contribution in [0.3, 0.4) is 0 Å². The highest BCUT2D eigenvalue weighted by molar-refractivity contribution is 5.60. The lowest BCUT2D eigenvalue weighted by atomic mass is 10.2. The van der Waals surface area contributed by atoms with Crippen molar-refractivity contribution in [3.05, 3.63) is 59.7 Å². The van der Waals surface area contributed by atoms with Crippen LogP contribution in [0.1, 0.15) is 65.2 Å². The van der Waals surface area contributed by atoms with E-state index in [0.717, 1.165) is 75.6 Å². The summed E-state index contributed by atoms with van der Waals surface area (Å²) in [5, 5.41) is 5.55. The number of anilines is 5. The number of rotatable bonds is 15. The molecule has 37 heavy (non-hydrogen) atoms. The lowest BCUT2D eigenvalue weighted by Crippen LogP contribution is -2.28. The molecule has 0 fully saturated rings. The number of benzene rings is 2. The van der Waals surface area contributed by atoms with Gasteiger partial charge in [0.25, 0.3) is 0 Å². The second kappa shape index (κ2) is 14.3. The fraction of sp³-hybridized carbons (Fsp3) is 0.444. The van der Waals surface area contributed by atoms with Gasteiger partial charge in [-0.15, -0.1) is 0 Å². The van der Waals surface area contributed by atoms with Crippen molar-refractivity contribution in [3.8, 4) is 0 Å². The molecule has 0 spiro atoms. The molecular formula is C27H34F4N6. The number of hydrogen-bond donors (Lipinski definition) is 2. The van der Waals surface area contributed by atoms with Crippen molar-refractivity contribution >= 4 is 29.2 Å². The van der Waals surface area contributed by atoms with Crippen LogP contribution in [0.2, 0.25) is 0 Å². The molecule has 1 heterocycles. The first kappa shape index (κ1) is 28.1. The summed E-state index contributed by atoms with van der Waals surface area (Å²) >= 11 is 0. The van der Waals surface area contributed by atoms with E-state index >= 15 is 0 Å². The summed E-state index contributed by atoms with van der Waals surface area (Å²) in [5.41, 5.74) is -0.0372. The number of nitrogens with zero attached hydrogens (tertiary/aromatic N) is 4. The molecule has 1 aromatic heterocycles. The highest BCUT2D eigenvalue weighted by Crippen LogP contribution is 2.24. The second-order valence-corrected chi connectivity index (χ2v) is 8.89. The zero-order valence-corrected chi connectivity index (χ0v) is 21.3. The van der Waals surface area contributed by atoms with E-state index in [-0.39, 0.29) is 23.3 Å². The normalized spacial score (nSPS) is 11.0. The molecule has 6 nitrogen and oxygen atoms in total. The van der Waals surface area contributed by atoms with Gasteiger partial charge in [-0.25, -0.2) is 17.6 Å². The number of nitrogens with one attached hydrogen (secondary N) is 2. The SMILES string of the molecule is CCCCCCN(CCCCCC)c1nc(Nc2ccc(F)cc2F)nc(Nc2ccc(F)cc2F)n1. The molecular weight excluding hydrogens is 484 g/mol. The average molecular weight is 519 g/mol. The van der Waals surface area contributed by atoms with Crippen LogP contribution in [0.15, 0.2) is 36.4 Å². The Bertz CT molecular complexity index is 1060. The van der Waals surface area contributed by atoms with Gasteiger partial charge in [0.05, 0.1) is 11.4 Å². The van der Waals surface area contributed by atoms with Crippen LogP contribution < -0.4 is 15.5 Å². The fourth-order valence-corrected chi connectivity index (χ4v) is 3.81. The summed E-state index contributed by atoms with van der Waals surface area (Å²) in [7, 11) is 0. The van der Waals surface area contributed by atoms with Gasteiger partial charge in [-0.2, -0.15) is 15.0 Å². The van der Waals surface area contributed by atoms with Crippen LogP contribution in [0, 0.1) is 23.3 Å². The number of halogens is 4. The van der Waals surface area contributed by atoms with E-state index in [4.69, 9.17) is 0 Å². The van der Waals surface area contributed by atoms with Gasteiger partial charge in [-0.1, -0.05) is 52.4 Å². The largest absolute Gasteiger partial charge is 0.341 e. The van der Waals surface area contributed by atoms with Crippen molar-refractivity contribution < 1.29 is 17.6 Å². The molecule has 0 saturated carbocycles. The highest BCUT2D eigenvalue weighted by atomic mass is 19.1. The standard InChI is InChI=1S/C27H34F4N6/c1-3-5-7-9-15-37(16-10-8-6-4-2)27-35-25(32-23-13-11-19(28)17-21(23)30)34-26(36-27)33-24-14-12-20(29)18-22(24)31/h11-14,17-18H,3-10,15-16H2,1-2H3,(H2,32,33,34,35,36). The molecule has 3 aromatic rings. The zero-order valence-electron chi connectivity index (χ0n) is 21.3. The minimum atomic E-state index is -0.808. The first-order valence-electron chi connectivity index (χ1n) is 12.8. The van der Waals surface area contributed by atoms with Gasteiger partial charge in [0.2, 0.25) is 17.8 Å². The van der Waals surface area contributed by atoms with E-state index in [0.29, 0.717) is 19.0 Å². The fourth-order valence-electron chi connectivity index (χ4n) is 3.81. The second-order valence-electron chi connectivity index (χ2n) is 8.89. The Morgan fingerprint density at radius 1 is 0.622 bits per heavy atom. The van der Waals surface area contributed by atoms with Gasteiger partial charge in [0.15, 0.2) is 0 Å². The third-order valence-electron chi connectivity index (χ3n) is 5.82. The Kier molecular flexibility index (Phi) is 10.9. The van der Waals surface area contributed by atoms with Gasteiger partial charge in [-0.05, 0) is 37.1 Å². The average Bonchev–Trinajstić information content (AvgIpc) is 2.86. The Labute approximate surface area is 215 Å². The maximum absolute atomic E-state index is 14.3. The van der Waals surface area contributed by atoms with Crippen molar-refractivity contribution in [1.82, 2.24) is 15.0 Å². The monoisotopic (exact) mass is 518 g/mol. The predicted molar refractivity (Wildman–Crippen MR) is 140 cm³/mol. The third kappa shape index (κ3) is 8.87. The summed E-state index contributed by atoms with van der Waals surface area (Å²) < 4.78 is 55.4. The van der Waals surface area contributed by atoms with E-state index in [1.807, 2.05) is 4.90 Å². The first-order valence-corrected chi connectivity index (χ1v) is 12.8. The molecule has 0 aliphatic carbocycles. The summed E-state index contributed by atoms with van der Waals surface area (Å²) in [6.07, 6.45) is 8.46. The summed E-state index contributed by atoms with van der Waals surface area (Å²) in [5.74, 6) is -2.68. The quantitative estimate of drug-likeness (QED) is 0.158. The zero-order chi connectivity index (χ0) is 26.6. The molecule has 0 aliphatic rings. The minimum Gasteiger partial charge on any atom is -0.341 e. The molecule has 0 unspecified atom stereocenters. The Hall–Kier alpha value is -3.43. The van der Waals surface area contributed by atoms with Crippen LogP contribution in [0.4, 0.5) is 46.8 Å². The summed E-state index contributed by atoms with van der Waals surface area (Å²) in [6, 6.07) is 6.24. The molecule has 2 aromatic carbocycles. The summed E-state index contributed by atoms with van der Waals surface area (Å²) in [6.45, 7) is 5.72. The van der Waals surface area contributed by atoms with Crippen LogP contribution in [0.5, 0.6) is 0 Å². The first-order chi connectivity index (χ1) is 17.9. The molecule has 200 valence electrons. The lowest BCUT2D eigenvalue weighted by Gasteiger charge is -2.24. The number of hydrogen-bond acceptors (Lipinski definition) is 6. The van der Waals surface area contributed by atoms with Crippen LogP contribution in [0.25, 0.3) is 0 Å². The number of aromatic nitrogens is 3. The molecule has 0 atom stereocenters. The van der Waals surface area contributed by atoms with Crippen molar-refractivity contribution in [2.75, 3.05) is 28.6 Å². The van der Waals surface area contributed by atoms with Crippen molar-refractivity contribution in [2.45, 2.75) is 65.2 Å². The van der Waals surface area contributed by atoms with Crippen molar-refractivity contribution in [2.24, 2.45) is 0 Å².